The molecule has 1 fully saturated rings. The van der Waals surface area contributed by atoms with Crippen LogP contribution in [-0.2, 0) is 4.79 Å². The lowest BCUT2D eigenvalue weighted by molar-refractivity contribution is -0.132. The van der Waals surface area contributed by atoms with E-state index in [0.29, 0.717) is 24.3 Å². The number of imide groups is 1. The zero-order valence-electron chi connectivity index (χ0n) is 10.7. The number of nitrogens with two attached hydrogens (primary N) is 1. The quantitative estimate of drug-likeness (QED) is 0.475. The molecule has 1 aromatic carbocycles. The Kier molecular flexibility index (Phi) is 2.60. The number of benzene rings is 1. The predicted molar refractivity (Wildman–Crippen MR) is 71.9 cm³/mol. The molecular weight excluding hydrogens is 258 g/mol. The van der Waals surface area contributed by atoms with Crippen molar-refractivity contribution in [1.29, 1.82) is 0 Å². The lowest BCUT2D eigenvalue weighted by Crippen LogP contribution is -2.62. The standard InChI is InChI=1S/C14H13N3O3/c1-2-11(18)16-6-8(7-16)17-13(19)9-4-3-5-10(15)12(9)14(17)20/h2-5,8H,1,6-7,15H2. The molecule has 20 heavy (non-hydrogen) atoms. The van der Waals surface area contributed by atoms with Crippen molar-refractivity contribution < 1.29 is 14.4 Å². The summed E-state index contributed by atoms with van der Waals surface area (Å²) < 4.78 is 0. The van der Waals surface area contributed by atoms with Crippen molar-refractivity contribution in [1.82, 2.24) is 9.80 Å². The average molecular weight is 271 g/mol. The van der Waals surface area contributed by atoms with Gasteiger partial charge in [-0.1, -0.05) is 12.6 Å². The largest absolute Gasteiger partial charge is 0.398 e. The van der Waals surface area contributed by atoms with Gasteiger partial charge in [0.1, 0.15) is 0 Å². The van der Waals surface area contributed by atoms with Crippen LogP contribution in [0.4, 0.5) is 5.69 Å². The minimum absolute atomic E-state index is 0.197. The average Bonchev–Trinajstić information content (AvgIpc) is 2.63. The zero-order chi connectivity index (χ0) is 14.4. The fourth-order valence-electron chi connectivity index (χ4n) is 2.59. The summed E-state index contributed by atoms with van der Waals surface area (Å²) >= 11 is 0. The maximum atomic E-state index is 12.3. The summed E-state index contributed by atoms with van der Waals surface area (Å²) in [6, 6.07) is 4.56. The van der Waals surface area contributed by atoms with Crippen LogP contribution in [0.25, 0.3) is 0 Å². The fraction of sp³-hybridized carbons (Fsp3) is 0.214. The van der Waals surface area contributed by atoms with Gasteiger partial charge in [0.05, 0.1) is 17.2 Å². The molecule has 2 heterocycles. The van der Waals surface area contributed by atoms with Gasteiger partial charge in [-0.3, -0.25) is 19.3 Å². The van der Waals surface area contributed by atoms with Crippen LogP contribution in [0, 0.1) is 0 Å². The molecule has 2 aliphatic heterocycles. The number of hydrogen-bond donors (Lipinski definition) is 1. The first-order valence-electron chi connectivity index (χ1n) is 6.22. The highest BCUT2D eigenvalue weighted by Gasteiger charge is 2.45. The van der Waals surface area contributed by atoms with Crippen molar-refractivity contribution in [2.24, 2.45) is 0 Å². The number of amides is 3. The SMILES string of the molecule is C=CC(=O)N1CC(N2C(=O)c3cccc(N)c3C2=O)C1. The first kappa shape index (κ1) is 12.4. The van der Waals surface area contributed by atoms with Gasteiger partial charge < -0.3 is 10.6 Å². The molecule has 1 saturated heterocycles. The number of fused-ring (bicyclic) bond motifs is 1. The van der Waals surface area contributed by atoms with Gasteiger partial charge in [0.2, 0.25) is 5.91 Å². The highest BCUT2D eigenvalue weighted by molar-refractivity contribution is 6.23. The minimum Gasteiger partial charge on any atom is -0.398 e. The Balaban J connectivity index is 1.84. The number of hydrogen-bond acceptors (Lipinski definition) is 4. The van der Waals surface area contributed by atoms with Crippen molar-refractivity contribution in [3.05, 3.63) is 42.0 Å². The molecule has 0 aromatic heterocycles. The summed E-state index contributed by atoms with van der Waals surface area (Å²) in [6.45, 7) is 4.09. The molecule has 6 nitrogen and oxygen atoms in total. The number of nitrogen functional groups attached to an aromatic ring is 1. The van der Waals surface area contributed by atoms with Crippen molar-refractivity contribution in [3.63, 3.8) is 0 Å². The van der Waals surface area contributed by atoms with Gasteiger partial charge >= 0.3 is 0 Å². The number of nitrogens with zero attached hydrogens (tertiary/aromatic N) is 2. The third-order valence-electron chi connectivity index (χ3n) is 3.69. The van der Waals surface area contributed by atoms with Crippen LogP contribution in [0.1, 0.15) is 20.7 Å². The van der Waals surface area contributed by atoms with Gasteiger partial charge in [0.15, 0.2) is 0 Å². The molecule has 0 saturated carbocycles. The second-order valence-electron chi connectivity index (χ2n) is 4.85. The summed E-state index contributed by atoms with van der Waals surface area (Å²) in [5.74, 6) is -0.913. The van der Waals surface area contributed by atoms with Crippen LogP contribution in [-0.4, -0.2) is 46.7 Å². The smallest absolute Gasteiger partial charge is 0.264 e. The maximum absolute atomic E-state index is 12.3. The number of carbonyl (C=O) groups excluding carboxylic acids is 3. The predicted octanol–water partition coefficient (Wildman–Crippen LogP) is 0.262. The number of likely N-dealkylation sites (tertiary alicyclic amines) is 1. The maximum Gasteiger partial charge on any atom is 0.264 e. The van der Waals surface area contributed by atoms with E-state index < -0.39 is 0 Å². The van der Waals surface area contributed by atoms with E-state index in [4.69, 9.17) is 5.73 Å². The van der Waals surface area contributed by atoms with E-state index >= 15 is 0 Å². The van der Waals surface area contributed by atoms with Crippen LogP contribution in [0.2, 0.25) is 0 Å². The topological polar surface area (TPSA) is 83.7 Å². The molecule has 3 amide bonds. The van der Waals surface area contributed by atoms with E-state index in [0.717, 1.165) is 0 Å². The third-order valence-corrected chi connectivity index (χ3v) is 3.69. The van der Waals surface area contributed by atoms with Crippen LogP contribution in [0.5, 0.6) is 0 Å². The van der Waals surface area contributed by atoms with Gasteiger partial charge in [-0.2, -0.15) is 0 Å². The molecule has 0 aliphatic carbocycles. The van der Waals surface area contributed by atoms with E-state index in [1.165, 1.54) is 15.9 Å². The van der Waals surface area contributed by atoms with E-state index in [1.807, 2.05) is 0 Å². The van der Waals surface area contributed by atoms with Gasteiger partial charge in [0, 0.05) is 18.8 Å². The number of anilines is 1. The van der Waals surface area contributed by atoms with Crippen LogP contribution in [0.15, 0.2) is 30.9 Å². The Bertz CT molecular complexity index is 647. The molecule has 2 aliphatic rings. The molecule has 3 rings (SSSR count). The van der Waals surface area contributed by atoms with E-state index in [2.05, 4.69) is 6.58 Å². The third kappa shape index (κ3) is 1.54. The highest BCUT2D eigenvalue weighted by atomic mass is 16.2. The van der Waals surface area contributed by atoms with Crippen molar-refractivity contribution in [2.45, 2.75) is 6.04 Å². The summed E-state index contributed by atoms with van der Waals surface area (Å²) in [5, 5.41) is 0. The summed E-state index contributed by atoms with van der Waals surface area (Å²) in [5.41, 5.74) is 6.68. The van der Waals surface area contributed by atoms with Crippen molar-refractivity contribution in [3.8, 4) is 0 Å². The number of rotatable bonds is 2. The molecule has 2 N–H and O–H groups in total. The van der Waals surface area contributed by atoms with Gasteiger partial charge in [0.25, 0.3) is 11.8 Å². The number of carbonyl (C=O) groups is 3. The second-order valence-corrected chi connectivity index (χ2v) is 4.85. The summed E-state index contributed by atoms with van der Waals surface area (Å²) in [4.78, 5) is 38.7. The summed E-state index contributed by atoms with van der Waals surface area (Å²) in [6.07, 6.45) is 1.22. The zero-order valence-corrected chi connectivity index (χ0v) is 10.7. The van der Waals surface area contributed by atoms with Crippen molar-refractivity contribution >= 4 is 23.4 Å². The Labute approximate surface area is 115 Å². The van der Waals surface area contributed by atoms with Crippen LogP contribution < -0.4 is 5.73 Å². The first-order chi connectivity index (χ1) is 9.54. The lowest BCUT2D eigenvalue weighted by Gasteiger charge is -2.42. The molecule has 102 valence electrons. The van der Waals surface area contributed by atoms with Crippen LogP contribution in [0.3, 0.4) is 0 Å². The van der Waals surface area contributed by atoms with Crippen molar-refractivity contribution in [2.75, 3.05) is 18.8 Å². The van der Waals surface area contributed by atoms with Crippen LogP contribution >= 0.6 is 0 Å². The Morgan fingerprint density at radius 2 is 2.00 bits per heavy atom. The molecule has 0 radical (unpaired) electrons. The summed E-state index contributed by atoms with van der Waals surface area (Å²) in [7, 11) is 0. The molecule has 0 unspecified atom stereocenters. The highest BCUT2D eigenvalue weighted by Crippen LogP contribution is 2.31. The fourth-order valence-corrected chi connectivity index (χ4v) is 2.59. The molecular formula is C14H13N3O3. The minimum atomic E-state index is -0.376. The van der Waals surface area contributed by atoms with Gasteiger partial charge in [-0.25, -0.2) is 0 Å². The normalized spacial score (nSPS) is 18.0. The first-order valence-corrected chi connectivity index (χ1v) is 6.22. The van der Waals surface area contributed by atoms with E-state index in [9.17, 15) is 14.4 Å². The van der Waals surface area contributed by atoms with E-state index in [1.54, 1.807) is 18.2 Å². The Morgan fingerprint density at radius 3 is 2.60 bits per heavy atom. The van der Waals surface area contributed by atoms with E-state index in [-0.39, 0.29) is 29.3 Å². The molecule has 0 spiro atoms. The molecule has 0 bridgehead atoms. The monoisotopic (exact) mass is 271 g/mol. The van der Waals surface area contributed by atoms with Gasteiger partial charge in [-0.05, 0) is 18.2 Å². The Hall–Kier alpha value is -2.63. The van der Waals surface area contributed by atoms with Gasteiger partial charge in [-0.15, -0.1) is 0 Å². The molecule has 1 aromatic rings. The lowest BCUT2D eigenvalue weighted by atomic mass is 10.1. The second kappa shape index (κ2) is 4.19. The molecule has 6 heteroatoms. The Morgan fingerprint density at radius 1 is 1.30 bits per heavy atom. The molecule has 0 atom stereocenters.